The lowest BCUT2D eigenvalue weighted by molar-refractivity contribution is 0.101. The lowest BCUT2D eigenvalue weighted by Gasteiger charge is -2.43. The third-order valence-corrected chi connectivity index (χ3v) is 18.7. The van der Waals surface area contributed by atoms with Crippen molar-refractivity contribution >= 4 is 35.2 Å². The Morgan fingerprint density at radius 1 is 1.02 bits per heavy atom. The molecule has 45 heavy (non-hydrogen) atoms. The molecule has 0 radical (unpaired) electrons. The van der Waals surface area contributed by atoms with Crippen LogP contribution in [0.1, 0.15) is 83.6 Å². The quantitative estimate of drug-likeness (QED) is 0.321. The van der Waals surface area contributed by atoms with E-state index in [9.17, 15) is 8.42 Å². The van der Waals surface area contributed by atoms with Crippen LogP contribution in [-0.4, -0.2) is 88.2 Å². The average Bonchev–Trinajstić information content (AvgIpc) is 3.42. The van der Waals surface area contributed by atoms with Crippen molar-refractivity contribution in [3.63, 3.8) is 0 Å². The molecule has 0 saturated carbocycles. The molecule has 2 N–H and O–H groups in total. The average molecular weight is 651 g/mol. The number of rotatable bonds is 6. The van der Waals surface area contributed by atoms with Crippen molar-refractivity contribution in [1.29, 1.82) is 0 Å². The van der Waals surface area contributed by atoms with Crippen molar-refractivity contribution in [2.24, 2.45) is 0 Å². The maximum Gasteiger partial charge on any atom is 0.159 e. The monoisotopic (exact) mass is 650 g/mol. The van der Waals surface area contributed by atoms with Crippen LogP contribution in [0.2, 0.25) is 16.6 Å². The number of hydrogen-bond acceptors (Lipinski definition) is 9. The molecule has 3 fully saturated rings. The second kappa shape index (κ2) is 12.5. The fourth-order valence-corrected chi connectivity index (χ4v) is 14.6. The van der Waals surface area contributed by atoms with Gasteiger partial charge in [-0.05, 0) is 54.2 Å². The number of anilines is 3. The van der Waals surface area contributed by atoms with Crippen LogP contribution in [0.25, 0.3) is 0 Å². The first-order chi connectivity index (χ1) is 21.4. The van der Waals surface area contributed by atoms with Gasteiger partial charge in [0.1, 0.15) is 32.1 Å². The highest BCUT2D eigenvalue weighted by Gasteiger charge is 2.42. The van der Waals surface area contributed by atoms with Crippen LogP contribution in [0.4, 0.5) is 17.3 Å². The highest BCUT2D eigenvalue weighted by molar-refractivity contribution is 7.91. The van der Waals surface area contributed by atoms with Crippen LogP contribution in [0.3, 0.4) is 0 Å². The summed E-state index contributed by atoms with van der Waals surface area (Å²) in [6.07, 6.45) is 2.43. The number of sulfone groups is 1. The van der Waals surface area contributed by atoms with Crippen LogP contribution in [-0.2, 0) is 9.84 Å². The summed E-state index contributed by atoms with van der Waals surface area (Å²) in [4.78, 5) is 14.0. The normalized spacial score (nSPS) is 23.5. The van der Waals surface area contributed by atoms with Gasteiger partial charge in [0.05, 0.1) is 28.3 Å². The molecule has 6 rings (SSSR count). The third kappa shape index (κ3) is 6.11. The molecule has 2 atom stereocenters. The molecular formula is C34H50N6O3SSi. The molecule has 0 aliphatic carbocycles. The number of benzene rings is 1. The van der Waals surface area contributed by atoms with Crippen LogP contribution < -0.4 is 20.3 Å². The van der Waals surface area contributed by atoms with Gasteiger partial charge in [-0.2, -0.15) is 0 Å². The standard InChI is InChI=1S/C34H50N6O3SSi/c1-22(2)45(23(3)4,24(5)6)15-9-26-16-27(28-19-40(20-28)29-8-10-35-18-29)17-30-32(26)43-25(7)31-33(38-30)36-21-37-34(31)39-11-13-44(41,42)14-12-39/h16-17,21-25,28-29,35H,8,10-14,18-20H2,1-7H3,(H,36,37,38)/t25?,29-/m0/s1. The molecule has 3 saturated heterocycles. The zero-order chi connectivity index (χ0) is 32.1. The molecule has 4 aliphatic rings. The summed E-state index contributed by atoms with van der Waals surface area (Å²) < 4.78 is 31.2. The summed E-state index contributed by atoms with van der Waals surface area (Å²) in [5, 5.41) is 7.15. The minimum Gasteiger partial charge on any atom is -0.482 e. The van der Waals surface area contributed by atoms with Crippen molar-refractivity contribution in [3.8, 4) is 17.2 Å². The number of hydrogen-bond donors (Lipinski definition) is 2. The Balaban J connectivity index is 1.41. The third-order valence-electron chi connectivity index (χ3n) is 10.8. The summed E-state index contributed by atoms with van der Waals surface area (Å²) in [6, 6.07) is 5.16. The van der Waals surface area contributed by atoms with Gasteiger partial charge in [0.2, 0.25) is 0 Å². The molecule has 4 aliphatic heterocycles. The van der Waals surface area contributed by atoms with Gasteiger partial charge in [-0.3, -0.25) is 4.90 Å². The lowest BCUT2D eigenvalue weighted by atomic mass is 9.88. The van der Waals surface area contributed by atoms with E-state index < -0.39 is 17.9 Å². The first-order valence-corrected chi connectivity index (χ1v) is 20.8. The zero-order valence-electron chi connectivity index (χ0n) is 28.0. The second-order valence-corrected chi connectivity index (χ2v) is 22.3. The van der Waals surface area contributed by atoms with Crippen LogP contribution in [0.15, 0.2) is 18.5 Å². The Kier molecular flexibility index (Phi) is 8.98. The highest BCUT2D eigenvalue weighted by Crippen LogP contribution is 2.46. The highest BCUT2D eigenvalue weighted by atomic mass is 32.2. The van der Waals surface area contributed by atoms with Crippen molar-refractivity contribution in [2.75, 3.05) is 61.0 Å². The van der Waals surface area contributed by atoms with Gasteiger partial charge in [-0.15, -0.1) is 5.54 Å². The van der Waals surface area contributed by atoms with Crippen LogP contribution in [0, 0.1) is 11.5 Å². The molecule has 11 heteroatoms. The van der Waals surface area contributed by atoms with E-state index in [2.05, 4.69) is 95.5 Å². The van der Waals surface area contributed by atoms with Crippen LogP contribution in [0.5, 0.6) is 5.75 Å². The van der Waals surface area contributed by atoms with E-state index in [1.54, 1.807) is 6.33 Å². The fourth-order valence-electron chi connectivity index (χ4n) is 8.18. The van der Waals surface area contributed by atoms with E-state index >= 15 is 0 Å². The Morgan fingerprint density at radius 3 is 2.33 bits per heavy atom. The zero-order valence-corrected chi connectivity index (χ0v) is 29.8. The molecule has 1 aromatic heterocycles. The number of fused-ring (bicyclic) bond motifs is 2. The van der Waals surface area contributed by atoms with Crippen molar-refractivity contribution in [3.05, 3.63) is 35.2 Å². The van der Waals surface area contributed by atoms with Gasteiger partial charge in [0.15, 0.2) is 15.6 Å². The molecule has 2 aromatic rings. The maximum absolute atomic E-state index is 12.2. The minimum absolute atomic E-state index is 0.125. The summed E-state index contributed by atoms with van der Waals surface area (Å²) in [7, 11) is -5.01. The topological polar surface area (TPSA) is 99.7 Å². The smallest absolute Gasteiger partial charge is 0.159 e. The van der Waals surface area contributed by atoms with Crippen molar-refractivity contribution in [2.45, 2.75) is 89.6 Å². The predicted molar refractivity (Wildman–Crippen MR) is 185 cm³/mol. The summed E-state index contributed by atoms with van der Waals surface area (Å²) in [5.41, 5.74) is 9.50. The van der Waals surface area contributed by atoms with Gasteiger partial charge in [0.25, 0.3) is 0 Å². The second-order valence-electron chi connectivity index (χ2n) is 14.4. The summed E-state index contributed by atoms with van der Waals surface area (Å²) in [6.45, 7) is 21.2. The predicted octanol–water partition coefficient (Wildman–Crippen LogP) is 5.24. The number of nitrogens with one attached hydrogen (secondary N) is 2. The van der Waals surface area contributed by atoms with Gasteiger partial charge >= 0.3 is 0 Å². The Labute approximate surface area is 270 Å². The number of nitrogens with zero attached hydrogens (tertiary/aromatic N) is 4. The molecular weight excluding hydrogens is 601 g/mol. The van der Waals surface area contributed by atoms with Gasteiger partial charge in [0, 0.05) is 44.7 Å². The lowest BCUT2D eigenvalue weighted by Crippen LogP contribution is -2.51. The maximum atomic E-state index is 12.2. The van der Waals surface area contributed by atoms with Crippen LogP contribution >= 0.6 is 0 Å². The number of likely N-dealkylation sites (tertiary alicyclic amines) is 1. The Hall–Kier alpha value is -2.65. The molecule has 0 bridgehead atoms. The summed E-state index contributed by atoms with van der Waals surface area (Å²) in [5.74, 6) is 6.64. The molecule has 0 spiro atoms. The number of aromatic nitrogens is 2. The first-order valence-electron chi connectivity index (χ1n) is 16.8. The summed E-state index contributed by atoms with van der Waals surface area (Å²) >= 11 is 0. The Morgan fingerprint density at radius 2 is 1.71 bits per heavy atom. The molecule has 1 aromatic carbocycles. The van der Waals surface area contributed by atoms with Crippen molar-refractivity contribution in [1.82, 2.24) is 20.2 Å². The molecule has 1 unspecified atom stereocenters. The van der Waals surface area contributed by atoms with E-state index in [1.807, 2.05) is 6.92 Å². The molecule has 5 heterocycles. The van der Waals surface area contributed by atoms with E-state index in [0.29, 0.717) is 47.5 Å². The molecule has 244 valence electrons. The Bertz CT molecular complexity index is 1550. The van der Waals surface area contributed by atoms with Gasteiger partial charge in [-0.25, -0.2) is 18.4 Å². The minimum atomic E-state index is -3.02. The van der Waals surface area contributed by atoms with E-state index in [0.717, 1.165) is 54.6 Å². The molecule has 9 nitrogen and oxygen atoms in total. The SMILES string of the molecule is CC1Oc2c(C#C[Si](C(C)C)(C(C)C)C(C)C)cc(C3CN([C@H]4CCNC4)C3)cc2Nc2ncnc(N3CCS(=O)(=O)CC3)c21. The fraction of sp³-hybridized carbons (Fsp3) is 0.647. The van der Waals surface area contributed by atoms with E-state index in [-0.39, 0.29) is 17.6 Å². The molecule has 0 amide bonds. The van der Waals surface area contributed by atoms with E-state index in [1.165, 1.54) is 12.0 Å². The largest absolute Gasteiger partial charge is 0.482 e. The first kappa shape index (κ1) is 32.3. The van der Waals surface area contributed by atoms with Crippen molar-refractivity contribution < 1.29 is 13.2 Å². The van der Waals surface area contributed by atoms with Gasteiger partial charge < -0.3 is 20.3 Å². The van der Waals surface area contributed by atoms with Gasteiger partial charge in [-0.1, -0.05) is 47.5 Å². The number of ether oxygens (including phenoxy) is 1. The van der Waals surface area contributed by atoms with E-state index in [4.69, 9.17) is 4.74 Å².